The van der Waals surface area contributed by atoms with Gasteiger partial charge in [-0.05, 0) is 24.1 Å². The van der Waals surface area contributed by atoms with Crippen LogP contribution in [-0.4, -0.2) is 0 Å². The summed E-state index contributed by atoms with van der Waals surface area (Å²) in [5.41, 5.74) is 2.82. The van der Waals surface area contributed by atoms with Gasteiger partial charge in [-0.3, -0.25) is 0 Å². The van der Waals surface area contributed by atoms with Crippen molar-refractivity contribution in [3.05, 3.63) is 53.5 Å². The maximum atomic E-state index is 8.81. The summed E-state index contributed by atoms with van der Waals surface area (Å²) in [4.78, 5) is 0. The Hall–Kier alpha value is -1.55. The van der Waals surface area contributed by atoms with Gasteiger partial charge in [0.2, 0.25) is 0 Å². The van der Waals surface area contributed by atoms with Gasteiger partial charge in [0.1, 0.15) is 0 Å². The predicted octanol–water partition coefficient (Wildman–Crippen LogP) is 3.00. The minimum absolute atomic E-state index is 0.735. The molecule has 0 saturated carbocycles. The van der Waals surface area contributed by atoms with E-state index in [9.17, 15) is 0 Å². The van der Waals surface area contributed by atoms with Gasteiger partial charge in [-0.15, -0.1) is 6.58 Å². The van der Waals surface area contributed by atoms with Gasteiger partial charge in [0.05, 0.1) is 11.6 Å². The van der Waals surface area contributed by atoms with Crippen LogP contribution in [0.3, 0.4) is 0 Å². The van der Waals surface area contributed by atoms with Crippen LogP contribution in [0.25, 0.3) is 0 Å². The van der Waals surface area contributed by atoms with Crippen molar-refractivity contribution in [1.29, 1.82) is 5.26 Å². The minimum atomic E-state index is 0.735. The molecule has 0 fully saturated rings. The van der Waals surface area contributed by atoms with E-state index in [0.29, 0.717) is 0 Å². The Morgan fingerprint density at radius 1 is 1.54 bits per heavy atom. The molecule has 0 aromatic heterocycles. The summed E-state index contributed by atoms with van der Waals surface area (Å²) >= 11 is 0. The molecule has 0 N–H and O–H groups in total. The summed E-state index contributed by atoms with van der Waals surface area (Å²) in [7, 11) is 0. The Morgan fingerprint density at radius 3 is 2.77 bits per heavy atom. The fourth-order valence-electron chi connectivity index (χ4n) is 1.11. The van der Waals surface area contributed by atoms with Crippen LogP contribution in [0.1, 0.15) is 23.6 Å². The molecule has 1 aromatic carbocycles. The van der Waals surface area contributed by atoms with Crippen LogP contribution >= 0.6 is 0 Å². The molecule has 1 radical (unpaired) electrons. The van der Waals surface area contributed by atoms with Crippen molar-refractivity contribution < 1.29 is 0 Å². The molecule has 1 aromatic rings. The van der Waals surface area contributed by atoms with E-state index in [0.717, 1.165) is 22.6 Å². The highest BCUT2D eigenvalue weighted by Gasteiger charge is 2.04. The lowest BCUT2D eigenvalue weighted by Gasteiger charge is -2.06. The van der Waals surface area contributed by atoms with Crippen molar-refractivity contribution in [3.63, 3.8) is 0 Å². The maximum Gasteiger partial charge on any atom is 0.0994 e. The molecule has 0 aliphatic heterocycles. The van der Waals surface area contributed by atoms with Crippen molar-refractivity contribution in [3.8, 4) is 6.07 Å². The van der Waals surface area contributed by atoms with Crippen molar-refractivity contribution in [2.45, 2.75) is 13.8 Å². The number of nitrogens with zero attached hydrogens (tertiary/aromatic N) is 1. The molecular weight excluding hydrogens is 158 g/mol. The van der Waals surface area contributed by atoms with Crippen LogP contribution in [-0.2, 0) is 0 Å². The molecule has 1 heteroatoms. The van der Waals surface area contributed by atoms with E-state index in [4.69, 9.17) is 5.26 Å². The summed E-state index contributed by atoms with van der Waals surface area (Å²) in [5, 5.41) is 8.81. The van der Waals surface area contributed by atoms with E-state index in [2.05, 4.69) is 12.6 Å². The molecule has 0 bridgehead atoms. The number of hydrogen-bond donors (Lipinski definition) is 0. The quantitative estimate of drug-likeness (QED) is 0.669. The zero-order valence-corrected chi connectivity index (χ0v) is 7.96. The third kappa shape index (κ3) is 1.97. The fourth-order valence-corrected chi connectivity index (χ4v) is 1.11. The van der Waals surface area contributed by atoms with Gasteiger partial charge in [-0.2, -0.15) is 5.26 Å². The Balaban J connectivity index is 3.15. The second-order valence-corrected chi connectivity index (χ2v) is 3.03. The van der Waals surface area contributed by atoms with Crippen LogP contribution in [0.2, 0.25) is 0 Å². The van der Waals surface area contributed by atoms with Crippen LogP contribution in [0.15, 0.2) is 30.9 Å². The molecule has 65 valence electrons. The maximum absolute atomic E-state index is 8.81. The largest absolute Gasteiger partial charge is 0.192 e. The molecule has 0 amide bonds. The Morgan fingerprint density at radius 2 is 2.23 bits per heavy atom. The van der Waals surface area contributed by atoms with E-state index in [1.165, 1.54) is 0 Å². The van der Waals surface area contributed by atoms with Gasteiger partial charge in [-0.25, -0.2) is 0 Å². The average Bonchev–Trinajstić information content (AvgIpc) is 2.17. The number of benzene rings is 1. The van der Waals surface area contributed by atoms with Crippen molar-refractivity contribution in [2.75, 3.05) is 0 Å². The highest BCUT2D eigenvalue weighted by molar-refractivity contribution is 5.45. The van der Waals surface area contributed by atoms with Crippen LogP contribution in [0.4, 0.5) is 0 Å². The van der Waals surface area contributed by atoms with Gasteiger partial charge in [0, 0.05) is 5.92 Å². The summed E-state index contributed by atoms with van der Waals surface area (Å²) in [6, 6.07) is 8.03. The Kier molecular flexibility index (Phi) is 2.87. The highest BCUT2D eigenvalue weighted by atomic mass is 14.2. The number of allylic oxidation sites excluding steroid dienone is 1. The first-order valence-corrected chi connectivity index (χ1v) is 4.16. The monoisotopic (exact) mass is 170 g/mol. The Bertz CT molecular complexity index is 358. The molecular formula is C12H12N. The molecule has 0 atom stereocenters. The molecule has 13 heavy (non-hydrogen) atoms. The summed E-state index contributed by atoms with van der Waals surface area (Å²) in [6.07, 6.45) is 1.80. The third-order valence-corrected chi connectivity index (χ3v) is 2.12. The molecule has 0 unspecified atom stereocenters. The molecule has 0 spiro atoms. The van der Waals surface area contributed by atoms with Gasteiger partial charge in [-0.1, -0.05) is 25.1 Å². The second-order valence-electron chi connectivity index (χ2n) is 3.03. The van der Waals surface area contributed by atoms with Crippen LogP contribution in [0, 0.1) is 24.2 Å². The number of hydrogen-bond acceptors (Lipinski definition) is 1. The third-order valence-electron chi connectivity index (χ3n) is 2.12. The van der Waals surface area contributed by atoms with Crippen molar-refractivity contribution in [1.82, 2.24) is 0 Å². The van der Waals surface area contributed by atoms with Crippen LogP contribution in [0.5, 0.6) is 0 Å². The zero-order chi connectivity index (χ0) is 9.84. The summed E-state index contributed by atoms with van der Waals surface area (Å²) in [6.45, 7) is 7.62. The fraction of sp³-hybridized carbons (Fsp3) is 0.167. The van der Waals surface area contributed by atoms with Gasteiger partial charge in [0.25, 0.3) is 0 Å². The molecule has 0 aliphatic carbocycles. The van der Waals surface area contributed by atoms with Gasteiger partial charge >= 0.3 is 0 Å². The minimum Gasteiger partial charge on any atom is -0.192 e. The first kappa shape index (κ1) is 9.54. The van der Waals surface area contributed by atoms with E-state index in [1.807, 2.05) is 32.0 Å². The highest BCUT2D eigenvalue weighted by Crippen LogP contribution is 2.18. The first-order chi connectivity index (χ1) is 6.19. The zero-order valence-electron chi connectivity index (χ0n) is 7.96. The average molecular weight is 170 g/mol. The smallest absolute Gasteiger partial charge is 0.0994 e. The lowest BCUT2D eigenvalue weighted by Crippen LogP contribution is -1.92. The Labute approximate surface area is 79.3 Å². The van der Waals surface area contributed by atoms with E-state index < -0.39 is 0 Å². The molecule has 0 heterocycles. The first-order valence-electron chi connectivity index (χ1n) is 4.16. The molecule has 1 nitrogen and oxygen atoms in total. The summed E-state index contributed by atoms with van der Waals surface area (Å²) < 4.78 is 0. The van der Waals surface area contributed by atoms with Crippen LogP contribution < -0.4 is 0 Å². The molecule has 0 aliphatic rings. The lowest BCUT2D eigenvalue weighted by molar-refractivity contribution is 1.24. The van der Waals surface area contributed by atoms with Gasteiger partial charge in [0.15, 0.2) is 0 Å². The van der Waals surface area contributed by atoms with E-state index in [1.54, 1.807) is 6.08 Å². The normalized spacial score (nSPS) is 9.69. The van der Waals surface area contributed by atoms with Gasteiger partial charge < -0.3 is 0 Å². The van der Waals surface area contributed by atoms with E-state index >= 15 is 0 Å². The lowest BCUT2D eigenvalue weighted by atomic mass is 9.97. The predicted molar refractivity (Wildman–Crippen MR) is 54.1 cm³/mol. The molecule has 1 rings (SSSR count). The van der Waals surface area contributed by atoms with E-state index in [-0.39, 0.29) is 0 Å². The summed E-state index contributed by atoms with van der Waals surface area (Å²) in [5.74, 6) is 1.09. The standard InChI is InChI=1S/C12H12N/c1-4-9(2)11-6-5-10(3)12(7-11)8-13/h4-7H,1H2,2-3H3. The number of rotatable bonds is 2. The second kappa shape index (κ2) is 3.91. The topological polar surface area (TPSA) is 23.8 Å². The van der Waals surface area contributed by atoms with Crippen molar-refractivity contribution in [2.24, 2.45) is 0 Å². The number of aryl methyl sites for hydroxylation is 1. The number of nitriles is 1. The van der Waals surface area contributed by atoms with Crippen molar-refractivity contribution >= 4 is 0 Å². The molecule has 0 saturated heterocycles. The SMILES string of the molecule is C=C[C](C)c1ccc(C)c(C#N)c1.